The second-order valence-electron chi connectivity index (χ2n) is 5.26. The smallest absolute Gasteiger partial charge is 0.248 e. The van der Waals surface area contributed by atoms with E-state index < -0.39 is 0 Å². The van der Waals surface area contributed by atoms with Gasteiger partial charge in [0.05, 0.1) is 14.2 Å². The van der Waals surface area contributed by atoms with Crippen LogP contribution in [-0.4, -0.2) is 20.1 Å². The third-order valence-corrected chi connectivity index (χ3v) is 3.46. The Labute approximate surface area is 136 Å². The van der Waals surface area contributed by atoms with Crippen LogP contribution in [0.15, 0.2) is 42.5 Å². The van der Waals surface area contributed by atoms with Gasteiger partial charge in [-0.3, -0.25) is 4.79 Å². The predicted molar refractivity (Wildman–Crippen MR) is 93.1 cm³/mol. The van der Waals surface area contributed by atoms with Crippen molar-refractivity contribution in [3.8, 4) is 11.5 Å². The highest BCUT2D eigenvalue weighted by molar-refractivity contribution is 6.02. The first kappa shape index (κ1) is 16.6. The first-order chi connectivity index (χ1) is 11.0. The molecular formula is C19H21NO3. The van der Waals surface area contributed by atoms with Crippen molar-refractivity contribution < 1.29 is 14.3 Å². The Balaban J connectivity index is 2.14. The minimum atomic E-state index is -0.193. The minimum Gasteiger partial charge on any atom is -0.493 e. The summed E-state index contributed by atoms with van der Waals surface area (Å²) in [5.74, 6) is 1.02. The summed E-state index contributed by atoms with van der Waals surface area (Å²) in [5.41, 5.74) is 3.74. The van der Waals surface area contributed by atoms with Crippen LogP contribution in [0, 0.1) is 13.8 Å². The molecule has 2 aromatic rings. The van der Waals surface area contributed by atoms with Gasteiger partial charge < -0.3 is 14.8 Å². The van der Waals surface area contributed by atoms with E-state index in [1.54, 1.807) is 26.4 Å². The number of ether oxygens (including phenoxy) is 2. The van der Waals surface area contributed by atoms with Crippen molar-refractivity contribution in [2.24, 2.45) is 0 Å². The summed E-state index contributed by atoms with van der Waals surface area (Å²) >= 11 is 0. The van der Waals surface area contributed by atoms with Gasteiger partial charge in [-0.15, -0.1) is 0 Å². The maximum absolute atomic E-state index is 12.1. The normalized spacial score (nSPS) is 10.6. The van der Waals surface area contributed by atoms with Gasteiger partial charge in [0, 0.05) is 17.8 Å². The van der Waals surface area contributed by atoms with Crippen molar-refractivity contribution in [1.29, 1.82) is 0 Å². The van der Waals surface area contributed by atoms with Gasteiger partial charge in [-0.2, -0.15) is 0 Å². The van der Waals surface area contributed by atoms with E-state index in [0.29, 0.717) is 17.2 Å². The number of methoxy groups -OCH3 is 2. The van der Waals surface area contributed by atoms with Gasteiger partial charge in [0.25, 0.3) is 0 Å². The molecule has 4 nitrogen and oxygen atoms in total. The maximum atomic E-state index is 12.1. The Morgan fingerprint density at radius 2 is 1.74 bits per heavy atom. The third kappa shape index (κ3) is 4.36. The van der Waals surface area contributed by atoms with Crippen LogP contribution in [0.4, 0.5) is 5.69 Å². The number of benzene rings is 2. The lowest BCUT2D eigenvalue weighted by atomic mass is 10.1. The molecule has 23 heavy (non-hydrogen) atoms. The highest BCUT2D eigenvalue weighted by Gasteiger charge is 2.09. The zero-order chi connectivity index (χ0) is 16.8. The number of hydrogen-bond acceptors (Lipinski definition) is 3. The first-order valence-corrected chi connectivity index (χ1v) is 7.32. The van der Waals surface area contributed by atoms with E-state index in [1.807, 2.05) is 44.2 Å². The topological polar surface area (TPSA) is 47.6 Å². The van der Waals surface area contributed by atoms with Gasteiger partial charge in [-0.25, -0.2) is 0 Å². The molecule has 4 heteroatoms. The zero-order valence-electron chi connectivity index (χ0n) is 13.8. The summed E-state index contributed by atoms with van der Waals surface area (Å²) in [6.07, 6.45) is 3.31. The van der Waals surface area contributed by atoms with Crippen LogP contribution in [-0.2, 0) is 4.79 Å². The molecule has 0 atom stereocenters. The first-order valence-electron chi connectivity index (χ1n) is 7.32. The van der Waals surface area contributed by atoms with Crippen molar-refractivity contribution in [3.05, 3.63) is 59.2 Å². The fourth-order valence-corrected chi connectivity index (χ4v) is 2.24. The summed E-state index contributed by atoms with van der Waals surface area (Å²) in [7, 11) is 3.15. The van der Waals surface area contributed by atoms with Crippen molar-refractivity contribution in [1.82, 2.24) is 0 Å². The monoisotopic (exact) mass is 311 g/mol. The van der Waals surface area contributed by atoms with Crippen molar-refractivity contribution in [3.63, 3.8) is 0 Å². The number of hydrogen-bond donors (Lipinski definition) is 1. The van der Waals surface area contributed by atoms with Crippen molar-refractivity contribution >= 4 is 17.7 Å². The summed E-state index contributed by atoms with van der Waals surface area (Å²) in [4.78, 5) is 12.1. The van der Waals surface area contributed by atoms with E-state index in [2.05, 4.69) is 5.32 Å². The van der Waals surface area contributed by atoms with Crippen molar-refractivity contribution in [2.75, 3.05) is 19.5 Å². The Hall–Kier alpha value is -2.75. The molecule has 0 saturated heterocycles. The zero-order valence-corrected chi connectivity index (χ0v) is 13.8. The number of carbonyl (C=O) groups is 1. The van der Waals surface area contributed by atoms with Crippen LogP contribution in [0.3, 0.4) is 0 Å². The number of aryl methyl sites for hydroxylation is 2. The number of nitrogens with one attached hydrogen (secondary N) is 1. The Morgan fingerprint density at radius 3 is 2.39 bits per heavy atom. The summed E-state index contributed by atoms with van der Waals surface area (Å²) in [6.45, 7) is 3.92. The Morgan fingerprint density at radius 1 is 1.04 bits per heavy atom. The molecule has 0 aliphatic carbocycles. The minimum absolute atomic E-state index is 0.193. The largest absolute Gasteiger partial charge is 0.493 e. The highest BCUT2D eigenvalue weighted by atomic mass is 16.5. The SMILES string of the molecule is COc1cc(C)c(NC(=O)/C=C/c2cccc(C)c2)cc1OC. The van der Waals surface area contributed by atoms with E-state index in [9.17, 15) is 4.79 Å². The molecule has 1 amide bonds. The van der Waals surface area contributed by atoms with Gasteiger partial charge >= 0.3 is 0 Å². The third-order valence-electron chi connectivity index (χ3n) is 3.46. The number of amides is 1. The second kappa shape index (κ2) is 7.49. The van der Waals surface area contributed by atoms with E-state index in [4.69, 9.17) is 9.47 Å². The Bertz CT molecular complexity index is 735. The molecule has 0 saturated carbocycles. The van der Waals surface area contributed by atoms with Crippen LogP contribution >= 0.6 is 0 Å². The van der Waals surface area contributed by atoms with Gasteiger partial charge in [-0.1, -0.05) is 29.8 Å². The van der Waals surface area contributed by atoms with E-state index in [-0.39, 0.29) is 5.91 Å². The number of anilines is 1. The van der Waals surface area contributed by atoms with Crippen LogP contribution < -0.4 is 14.8 Å². The predicted octanol–water partition coefficient (Wildman–Crippen LogP) is 3.97. The molecule has 0 unspecified atom stereocenters. The van der Waals surface area contributed by atoms with Crippen LogP contribution in [0.25, 0.3) is 6.08 Å². The molecule has 0 heterocycles. The van der Waals surface area contributed by atoms with Crippen LogP contribution in [0.1, 0.15) is 16.7 Å². The quantitative estimate of drug-likeness (QED) is 0.850. The van der Waals surface area contributed by atoms with Gasteiger partial charge in [0.1, 0.15) is 0 Å². The molecule has 1 N–H and O–H groups in total. The Kier molecular flexibility index (Phi) is 5.41. The molecular weight excluding hydrogens is 290 g/mol. The fraction of sp³-hybridized carbons (Fsp3) is 0.211. The lowest BCUT2D eigenvalue weighted by Crippen LogP contribution is -2.09. The average Bonchev–Trinajstić information content (AvgIpc) is 2.54. The molecule has 0 aliphatic heterocycles. The van der Waals surface area contributed by atoms with E-state index >= 15 is 0 Å². The van der Waals surface area contributed by atoms with E-state index in [1.165, 1.54) is 6.08 Å². The summed E-state index contributed by atoms with van der Waals surface area (Å²) in [5, 5.41) is 2.86. The second-order valence-corrected chi connectivity index (χ2v) is 5.26. The molecule has 0 bridgehead atoms. The molecule has 120 valence electrons. The van der Waals surface area contributed by atoms with Gasteiger partial charge in [-0.05, 0) is 37.1 Å². The molecule has 0 radical (unpaired) electrons. The molecule has 0 spiro atoms. The molecule has 0 aliphatic rings. The lowest BCUT2D eigenvalue weighted by molar-refractivity contribution is -0.111. The number of carbonyl (C=O) groups excluding carboxylic acids is 1. The van der Waals surface area contributed by atoms with Gasteiger partial charge in [0.2, 0.25) is 5.91 Å². The summed E-state index contributed by atoms with van der Waals surface area (Å²) < 4.78 is 10.5. The van der Waals surface area contributed by atoms with Crippen molar-refractivity contribution in [2.45, 2.75) is 13.8 Å². The lowest BCUT2D eigenvalue weighted by Gasteiger charge is -2.12. The maximum Gasteiger partial charge on any atom is 0.248 e. The van der Waals surface area contributed by atoms with Crippen LogP contribution in [0.2, 0.25) is 0 Å². The number of rotatable bonds is 5. The standard InChI is InChI=1S/C19H21NO3/c1-13-6-5-7-15(10-13)8-9-19(21)20-16-12-18(23-4)17(22-3)11-14(16)2/h5-12H,1-4H3,(H,20,21)/b9-8+. The molecule has 2 aromatic carbocycles. The highest BCUT2D eigenvalue weighted by Crippen LogP contribution is 2.32. The average molecular weight is 311 g/mol. The molecule has 0 fully saturated rings. The van der Waals surface area contributed by atoms with Crippen LogP contribution in [0.5, 0.6) is 11.5 Å². The summed E-state index contributed by atoms with van der Waals surface area (Å²) in [6, 6.07) is 11.5. The molecule has 0 aromatic heterocycles. The fourth-order valence-electron chi connectivity index (χ4n) is 2.24. The molecule has 2 rings (SSSR count). The van der Waals surface area contributed by atoms with Gasteiger partial charge in [0.15, 0.2) is 11.5 Å². The van der Waals surface area contributed by atoms with E-state index in [0.717, 1.165) is 16.7 Å².